The molecule has 1 rings (SSSR count). The quantitative estimate of drug-likeness (QED) is 0.715. The molecule has 2 nitrogen and oxygen atoms in total. The molecular weight excluding hydrogens is 227 g/mol. The Morgan fingerprint density at radius 1 is 1.28 bits per heavy atom. The van der Waals surface area contributed by atoms with Gasteiger partial charge >= 0.3 is 0 Å². The van der Waals surface area contributed by atoms with Gasteiger partial charge in [0, 0.05) is 11.6 Å². The first-order valence-electron chi connectivity index (χ1n) is 6.82. The maximum Gasteiger partial charge on any atom is 0.127 e. The smallest absolute Gasteiger partial charge is 0.127 e. The molecule has 0 saturated heterocycles. The molecule has 0 aliphatic heterocycles. The average Bonchev–Trinajstić information content (AvgIpc) is 2.38. The summed E-state index contributed by atoms with van der Waals surface area (Å²) >= 11 is 0. The van der Waals surface area contributed by atoms with Crippen molar-refractivity contribution in [2.24, 2.45) is 0 Å². The molecule has 3 heteroatoms. The molecule has 0 spiro atoms. The Hall–Kier alpha value is -0.930. The zero-order valence-corrected chi connectivity index (χ0v) is 11.7. The summed E-state index contributed by atoms with van der Waals surface area (Å²) in [4.78, 5) is 2.20. The summed E-state index contributed by atoms with van der Waals surface area (Å²) in [6.07, 6.45) is 2.26. The van der Waals surface area contributed by atoms with Crippen LogP contribution < -0.4 is 5.32 Å². The zero-order chi connectivity index (χ0) is 13.4. The molecule has 0 saturated carbocycles. The first-order valence-corrected chi connectivity index (χ1v) is 6.82. The average molecular weight is 252 g/mol. The molecule has 0 aliphatic carbocycles. The van der Waals surface area contributed by atoms with Gasteiger partial charge in [-0.1, -0.05) is 25.1 Å². The summed E-state index contributed by atoms with van der Waals surface area (Å²) in [5.41, 5.74) is 0.779. The van der Waals surface area contributed by atoms with Crippen LogP contribution in [0.5, 0.6) is 0 Å². The molecule has 1 aromatic carbocycles. The maximum absolute atomic E-state index is 13.7. The normalized spacial score (nSPS) is 12.9. The van der Waals surface area contributed by atoms with Crippen molar-refractivity contribution in [3.63, 3.8) is 0 Å². The highest BCUT2D eigenvalue weighted by Crippen LogP contribution is 2.21. The lowest BCUT2D eigenvalue weighted by Crippen LogP contribution is -2.27. The van der Waals surface area contributed by atoms with Gasteiger partial charge in [0.1, 0.15) is 5.82 Å². The van der Waals surface area contributed by atoms with Crippen molar-refractivity contribution in [2.75, 3.05) is 26.7 Å². The second-order valence-electron chi connectivity index (χ2n) is 4.78. The molecular formula is C15H25FN2. The molecule has 0 aliphatic rings. The van der Waals surface area contributed by atoms with E-state index in [1.165, 1.54) is 12.5 Å². The molecule has 102 valence electrons. The standard InChI is InChI=1S/C15H25FN2/c1-4-10-17-11-7-12-18(3)13(2)14-8-5-6-9-15(14)16/h5-6,8-9,13,17H,4,7,10-12H2,1-3H3. The van der Waals surface area contributed by atoms with Crippen molar-refractivity contribution < 1.29 is 4.39 Å². The number of nitrogens with one attached hydrogen (secondary N) is 1. The molecule has 0 amide bonds. The van der Waals surface area contributed by atoms with Crippen LogP contribution in [0.4, 0.5) is 4.39 Å². The second-order valence-corrected chi connectivity index (χ2v) is 4.78. The second kappa shape index (κ2) is 8.22. The Labute approximate surface area is 110 Å². The van der Waals surface area contributed by atoms with Crippen molar-refractivity contribution in [3.8, 4) is 0 Å². The van der Waals surface area contributed by atoms with Crippen LogP contribution in [0.2, 0.25) is 0 Å². The van der Waals surface area contributed by atoms with E-state index in [1.54, 1.807) is 6.07 Å². The Balaban J connectivity index is 2.37. The number of nitrogens with zero attached hydrogens (tertiary/aromatic N) is 1. The molecule has 0 heterocycles. The number of hydrogen-bond acceptors (Lipinski definition) is 2. The lowest BCUT2D eigenvalue weighted by molar-refractivity contribution is 0.252. The summed E-state index contributed by atoms with van der Waals surface area (Å²) in [7, 11) is 2.05. The van der Waals surface area contributed by atoms with Gasteiger partial charge in [-0.05, 0) is 52.5 Å². The highest BCUT2D eigenvalue weighted by atomic mass is 19.1. The van der Waals surface area contributed by atoms with Gasteiger partial charge in [0.05, 0.1) is 0 Å². The maximum atomic E-state index is 13.7. The van der Waals surface area contributed by atoms with Crippen molar-refractivity contribution in [3.05, 3.63) is 35.6 Å². The van der Waals surface area contributed by atoms with Crippen LogP contribution in [0.3, 0.4) is 0 Å². The van der Waals surface area contributed by atoms with Crippen molar-refractivity contribution in [2.45, 2.75) is 32.7 Å². The van der Waals surface area contributed by atoms with E-state index >= 15 is 0 Å². The Bertz CT molecular complexity index is 341. The van der Waals surface area contributed by atoms with Gasteiger partial charge in [0.2, 0.25) is 0 Å². The van der Waals surface area contributed by atoms with Gasteiger partial charge in [0.25, 0.3) is 0 Å². The van der Waals surface area contributed by atoms with Crippen LogP contribution in [-0.4, -0.2) is 31.6 Å². The van der Waals surface area contributed by atoms with E-state index in [4.69, 9.17) is 0 Å². The van der Waals surface area contributed by atoms with Crippen LogP contribution >= 0.6 is 0 Å². The largest absolute Gasteiger partial charge is 0.317 e. The molecule has 0 radical (unpaired) electrons. The summed E-state index contributed by atoms with van der Waals surface area (Å²) in [5.74, 6) is -0.110. The van der Waals surface area contributed by atoms with Crippen molar-refractivity contribution in [1.29, 1.82) is 0 Å². The van der Waals surface area contributed by atoms with E-state index in [0.29, 0.717) is 0 Å². The summed E-state index contributed by atoms with van der Waals surface area (Å²) in [6.45, 7) is 7.30. The molecule has 1 atom stereocenters. The topological polar surface area (TPSA) is 15.3 Å². The summed E-state index contributed by atoms with van der Waals surface area (Å²) in [6, 6.07) is 7.15. The third-order valence-electron chi connectivity index (χ3n) is 3.31. The summed E-state index contributed by atoms with van der Waals surface area (Å²) in [5, 5.41) is 3.38. The number of benzene rings is 1. The van der Waals surface area contributed by atoms with Gasteiger partial charge in [-0.25, -0.2) is 4.39 Å². The minimum Gasteiger partial charge on any atom is -0.317 e. The van der Waals surface area contributed by atoms with Crippen molar-refractivity contribution >= 4 is 0 Å². The zero-order valence-electron chi connectivity index (χ0n) is 11.7. The Kier molecular flexibility index (Phi) is 6.91. The lowest BCUT2D eigenvalue weighted by Gasteiger charge is -2.25. The highest BCUT2D eigenvalue weighted by Gasteiger charge is 2.14. The first-order chi connectivity index (χ1) is 8.66. The van der Waals surface area contributed by atoms with Gasteiger partial charge in [0.15, 0.2) is 0 Å². The Morgan fingerprint density at radius 2 is 2.00 bits per heavy atom. The van der Waals surface area contributed by atoms with Gasteiger partial charge < -0.3 is 5.32 Å². The molecule has 0 aromatic heterocycles. The van der Waals surface area contributed by atoms with E-state index in [9.17, 15) is 4.39 Å². The van der Waals surface area contributed by atoms with Crippen LogP contribution in [0.1, 0.15) is 38.3 Å². The van der Waals surface area contributed by atoms with Crippen LogP contribution in [0.15, 0.2) is 24.3 Å². The molecule has 0 fully saturated rings. The predicted octanol–water partition coefficient (Wildman–Crippen LogP) is 3.21. The number of hydrogen-bond donors (Lipinski definition) is 1. The molecule has 0 bridgehead atoms. The van der Waals surface area contributed by atoms with Crippen LogP contribution in [0.25, 0.3) is 0 Å². The first kappa shape index (κ1) is 15.1. The monoisotopic (exact) mass is 252 g/mol. The predicted molar refractivity (Wildman–Crippen MR) is 75.2 cm³/mol. The van der Waals surface area contributed by atoms with Crippen LogP contribution in [-0.2, 0) is 0 Å². The van der Waals surface area contributed by atoms with Crippen molar-refractivity contribution in [1.82, 2.24) is 10.2 Å². The van der Waals surface area contributed by atoms with E-state index in [2.05, 4.69) is 31.1 Å². The van der Waals surface area contributed by atoms with Gasteiger partial charge in [-0.3, -0.25) is 4.90 Å². The summed E-state index contributed by atoms with van der Waals surface area (Å²) < 4.78 is 13.7. The third kappa shape index (κ3) is 4.75. The SMILES string of the molecule is CCCNCCCN(C)C(C)c1ccccc1F. The fraction of sp³-hybridized carbons (Fsp3) is 0.600. The van der Waals surface area contributed by atoms with E-state index in [1.807, 2.05) is 12.1 Å². The van der Waals surface area contributed by atoms with E-state index in [0.717, 1.165) is 31.6 Å². The fourth-order valence-electron chi connectivity index (χ4n) is 2.00. The van der Waals surface area contributed by atoms with Gasteiger partial charge in [-0.15, -0.1) is 0 Å². The molecule has 1 aromatic rings. The lowest BCUT2D eigenvalue weighted by atomic mass is 10.1. The van der Waals surface area contributed by atoms with Crippen LogP contribution in [0, 0.1) is 5.82 Å². The fourth-order valence-corrected chi connectivity index (χ4v) is 2.00. The Morgan fingerprint density at radius 3 is 2.67 bits per heavy atom. The van der Waals surface area contributed by atoms with E-state index in [-0.39, 0.29) is 11.9 Å². The number of rotatable bonds is 8. The molecule has 18 heavy (non-hydrogen) atoms. The minimum absolute atomic E-state index is 0.110. The third-order valence-corrected chi connectivity index (χ3v) is 3.31. The molecule has 1 unspecified atom stereocenters. The molecule has 1 N–H and O–H groups in total. The minimum atomic E-state index is -0.110. The van der Waals surface area contributed by atoms with Gasteiger partial charge in [-0.2, -0.15) is 0 Å². The highest BCUT2D eigenvalue weighted by molar-refractivity contribution is 5.20. The number of halogens is 1. The van der Waals surface area contributed by atoms with E-state index < -0.39 is 0 Å².